The third-order valence-electron chi connectivity index (χ3n) is 2.05. The van der Waals surface area contributed by atoms with Crippen LogP contribution < -0.4 is 0 Å². The molecule has 0 amide bonds. The van der Waals surface area contributed by atoms with Gasteiger partial charge in [-0.05, 0) is 6.07 Å². The maximum Gasteiger partial charge on any atom is 0.260 e. The molecule has 3 nitrogen and oxygen atoms in total. The number of hydrogen-bond donors (Lipinski definition) is 0. The van der Waals surface area contributed by atoms with Crippen LogP contribution in [0.2, 0.25) is 0 Å². The highest BCUT2D eigenvalue weighted by atomic mass is 16.6. The lowest BCUT2D eigenvalue weighted by Gasteiger charge is -2.03. The van der Waals surface area contributed by atoms with E-state index in [1.807, 2.05) is 30.3 Å². The van der Waals surface area contributed by atoms with Gasteiger partial charge in [-0.25, -0.2) is 0 Å². The van der Waals surface area contributed by atoms with E-state index in [0.29, 0.717) is 0 Å². The SMILES string of the molecule is O=[N+]([O-])c1cccc(-c2ccc[cH-]2)c1. The lowest BCUT2D eigenvalue weighted by Crippen LogP contribution is -1.87. The molecular formula is C11H8NO2-. The fraction of sp³-hybridized carbons (Fsp3) is 0. The number of rotatable bonds is 2. The molecule has 2 rings (SSSR count). The zero-order valence-corrected chi connectivity index (χ0v) is 7.38. The maximum atomic E-state index is 10.5. The second kappa shape index (κ2) is 3.38. The molecule has 0 aromatic heterocycles. The summed E-state index contributed by atoms with van der Waals surface area (Å²) in [6.07, 6.45) is 0. The van der Waals surface area contributed by atoms with Crippen LogP contribution in [0.1, 0.15) is 0 Å². The van der Waals surface area contributed by atoms with Crippen LogP contribution in [-0.4, -0.2) is 4.92 Å². The molecule has 0 saturated carbocycles. The minimum atomic E-state index is -0.382. The Balaban J connectivity index is 2.46. The lowest BCUT2D eigenvalue weighted by molar-refractivity contribution is -0.384. The van der Waals surface area contributed by atoms with Crippen molar-refractivity contribution in [1.29, 1.82) is 0 Å². The lowest BCUT2D eigenvalue weighted by atomic mass is 10.1. The van der Waals surface area contributed by atoms with Gasteiger partial charge in [-0.15, -0.1) is 11.6 Å². The molecule has 0 N–H and O–H groups in total. The summed E-state index contributed by atoms with van der Waals surface area (Å²) < 4.78 is 0. The molecule has 0 unspecified atom stereocenters. The second-order valence-electron chi connectivity index (χ2n) is 2.98. The molecule has 0 aliphatic rings. The van der Waals surface area contributed by atoms with E-state index in [9.17, 15) is 10.1 Å². The van der Waals surface area contributed by atoms with Gasteiger partial charge in [0, 0.05) is 6.07 Å². The van der Waals surface area contributed by atoms with Crippen molar-refractivity contribution < 1.29 is 4.92 Å². The summed E-state index contributed by atoms with van der Waals surface area (Å²) in [4.78, 5) is 10.1. The fourth-order valence-corrected chi connectivity index (χ4v) is 1.37. The second-order valence-corrected chi connectivity index (χ2v) is 2.98. The monoisotopic (exact) mass is 186 g/mol. The number of non-ortho nitro benzene ring substituents is 1. The predicted octanol–water partition coefficient (Wildman–Crippen LogP) is 2.98. The van der Waals surface area contributed by atoms with E-state index in [-0.39, 0.29) is 10.6 Å². The van der Waals surface area contributed by atoms with Gasteiger partial charge in [-0.3, -0.25) is 10.1 Å². The molecule has 70 valence electrons. The number of hydrogen-bond acceptors (Lipinski definition) is 2. The molecule has 0 spiro atoms. The van der Waals surface area contributed by atoms with Crippen molar-refractivity contribution >= 4 is 5.69 Å². The Morgan fingerprint density at radius 3 is 2.71 bits per heavy atom. The molecule has 2 aromatic rings. The van der Waals surface area contributed by atoms with Crippen LogP contribution in [0.25, 0.3) is 11.1 Å². The standard InChI is InChI=1S/C11H8NO2/c13-12(14)11-7-3-6-10(8-11)9-4-1-2-5-9/h1-8H/q-1. The number of nitro groups is 1. The van der Waals surface area contributed by atoms with Crippen LogP contribution in [0.3, 0.4) is 0 Å². The summed E-state index contributed by atoms with van der Waals surface area (Å²) in [5.41, 5.74) is 2.02. The summed E-state index contributed by atoms with van der Waals surface area (Å²) in [5.74, 6) is 0. The van der Waals surface area contributed by atoms with Gasteiger partial charge < -0.3 is 0 Å². The Morgan fingerprint density at radius 1 is 1.21 bits per heavy atom. The molecule has 0 radical (unpaired) electrons. The van der Waals surface area contributed by atoms with Crippen LogP contribution in [0.15, 0.2) is 48.5 Å². The highest BCUT2D eigenvalue weighted by molar-refractivity contribution is 5.66. The van der Waals surface area contributed by atoms with E-state index in [2.05, 4.69) is 0 Å². The van der Waals surface area contributed by atoms with Gasteiger partial charge in [0.05, 0.1) is 4.92 Å². The van der Waals surface area contributed by atoms with Gasteiger partial charge in [0.15, 0.2) is 0 Å². The molecule has 0 bridgehead atoms. The average Bonchev–Trinajstić information content (AvgIpc) is 2.71. The predicted molar refractivity (Wildman–Crippen MR) is 54.1 cm³/mol. The number of nitrogens with zero attached hydrogens (tertiary/aromatic N) is 1. The Morgan fingerprint density at radius 2 is 2.07 bits per heavy atom. The Bertz CT molecular complexity index is 446. The van der Waals surface area contributed by atoms with Gasteiger partial charge in [-0.2, -0.15) is 18.2 Å². The third-order valence-corrected chi connectivity index (χ3v) is 2.05. The summed E-state index contributed by atoms with van der Waals surface area (Å²) in [6.45, 7) is 0. The fourth-order valence-electron chi connectivity index (χ4n) is 1.37. The van der Waals surface area contributed by atoms with Crippen molar-refractivity contribution in [3.63, 3.8) is 0 Å². The van der Waals surface area contributed by atoms with Gasteiger partial charge in [0.2, 0.25) is 0 Å². The highest BCUT2D eigenvalue weighted by Gasteiger charge is 2.02. The van der Waals surface area contributed by atoms with Crippen LogP contribution in [-0.2, 0) is 0 Å². The van der Waals surface area contributed by atoms with Crippen molar-refractivity contribution in [3.05, 3.63) is 58.6 Å². The number of benzene rings is 1. The molecule has 3 heteroatoms. The first kappa shape index (κ1) is 8.56. The van der Waals surface area contributed by atoms with Crippen LogP contribution >= 0.6 is 0 Å². The Hall–Kier alpha value is -2.03. The molecule has 0 heterocycles. The molecule has 0 aliphatic heterocycles. The van der Waals surface area contributed by atoms with E-state index in [0.717, 1.165) is 11.1 Å². The molecular weight excluding hydrogens is 178 g/mol. The van der Waals surface area contributed by atoms with Crippen LogP contribution in [0.4, 0.5) is 5.69 Å². The minimum Gasteiger partial charge on any atom is -0.258 e. The Labute approximate surface area is 81.1 Å². The van der Waals surface area contributed by atoms with E-state index >= 15 is 0 Å². The van der Waals surface area contributed by atoms with Gasteiger partial charge in [0.1, 0.15) is 0 Å². The van der Waals surface area contributed by atoms with Crippen molar-refractivity contribution in [1.82, 2.24) is 0 Å². The van der Waals surface area contributed by atoms with E-state index in [4.69, 9.17) is 0 Å². The average molecular weight is 186 g/mol. The van der Waals surface area contributed by atoms with Crippen molar-refractivity contribution in [2.45, 2.75) is 0 Å². The molecule has 14 heavy (non-hydrogen) atoms. The highest BCUT2D eigenvalue weighted by Crippen LogP contribution is 2.23. The summed E-state index contributed by atoms with van der Waals surface area (Å²) in [5, 5.41) is 10.5. The zero-order chi connectivity index (χ0) is 9.97. The van der Waals surface area contributed by atoms with Gasteiger partial charge in [0.25, 0.3) is 5.69 Å². The van der Waals surface area contributed by atoms with Crippen LogP contribution in [0, 0.1) is 10.1 Å². The van der Waals surface area contributed by atoms with Crippen molar-refractivity contribution in [3.8, 4) is 11.1 Å². The summed E-state index contributed by atoms with van der Waals surface area (Å²) in [7, 11) is 0. The van der Waals surface area contributed by atoms with Gasteiger partial charge >= 0.3 is 0 Å². The van der Waals surface area contributed by atoms with Crippen LogP contribution in [0.5, 0.6) is 0 Å². The third kappa shape index (κ3) is 1.52. The topological polar surface area (TPSA) is 43.1 Å². The molecule has 0 aliphatic carbocycles. The smallest absolute Gasteiger partial charge is 0.258 e. The normalized spacial score (nSPS) is 10.0. The number of nitro benzene ring substituents is 1. The van der Waals surface area contributed by atoms with Gasteiger partial charge in [-0.1, -0.05) is 17.7 Å². The van der Waals surface area contributed by atoms with E-state index < -0.39 is 0 Å². The maximum absolute atomic E-state index is 10.5. The zero-order valence-electron chi connectivity index (χ0n) is 7.38. The molecule has 0 saturated heterocycles. The first-order valence-electron chi connectivity index (χ1n) is 4.24. The van der Waals surface area contributed by atoms with Crippen molar-refractivity contribution in [2.24, 2.45) is 0 Å². The molecule has 2 aromatic carbocycles. The Kier molecular flexibility index (Phi) is 2.07. The quantitative estimate of drug-likeness (QED) is 0.411. The molecule has 0 fully saturated rings. The van der Waals surface area contributed by atoms with E-state index in [1.54, 1.807) is 12.1 Å². The summed E-state index contributed by atoms with van der Waals surface area (Å²) in [6, 6.07) is 14.3. The van der Waals surface area contributed by atoms with E-state index in [1.165, 1.54) is 6.07 Å². The first-order chi connectivity index (χ1) is 6.77. The summed E-state index contributed by atoms with van der Waals surface area (Å²) >= 11 is 0. The minimum absolute atomic E-state index is 0.128. The molecule has 0 atom stereocenters. The largest absolute Gasteiger partial charge is 0.260 e. The first-order valence-corrected chi connectivity index (χ1v) is 4.24. The van der Waals surface area contributed by atoms with Crippen molar-refractivity contribution in [2.75, 3.05) is 0 Å².